The molecule has 6 aromatic rings. The third-order valence-corrected chi connectivity index (χ3v) is 8.14. The molecular weight excluding hydrogens is 496 g/mol. The minimum Gasteiger partial charge on any atom is -0.345 e. The van der Waals surface area contributed by atoms with Crippen LogP contribution in [0.3, 0.4) is 0 Å². The second-order valence-corrected chi connectivity index (χ2v) is 10.6. The zero-order valence-corrected chi connectivity index (χ0v) is 23.2. The van der Waals surface area contributed by atoms with Gasteiger partial charge in [0.2, 0.25) is 0 Å². The average Bonchev–Trinajstić information content (AvgIpc) is 3.05. The molecule has 1 aliphatic carbocycles. The molecule has 0 heterocycles. The molecule has 6 aromatic carbocycles. The summed E-state index contributed by atoms with van der Waals surface area (Å²) in [6.45, 7) is 0. The molecule has 0 atom stereocenters. The highest BCUT2D eigenvalue weighted by molar-refractivity contribution is 6.00. The van der Waals surface area contributed by atoms with Crippen LogP contribution in [0.15, 0.2) is 146 Å². The molecule has 0 bridgehead atoms. The monoisotopic (exact) mass is 528 g/mol. The topological polar surface area (TPSA) is 6.48 Å². The summed E-state index contributed by atoms with van der Waals surface area (Å²) < 4.78 is 0. The predicted octanol–water partition coefficient (Wildman–Crippen LogP) is 10.7. The van der Waals surface area contributed by atoms with Crippen LogP contribution >= 0.6 is 0 Å². The van der Waals surface area contributed by atoms with Crippen LogP contribution in [-0.2, 0) is 6.42 Å². The number of nitrogens with zero attached hydrogens (tertiary/aromatic N) is 2. The number of rotatable bonds is 6. The summed E-state index contributed by atoms with van der Waals surface area (Å²) in [5.74, 6) is 0. The fourth-order valence-corrected chi connectivity index (χ4v) is 5.94. The number of anilines is 5. The number of allylic oxidation sites excluding steroid dienone is 1. The average molecular weight is 529 g/mol. The molecule has 0 aliphatic heterocycles. The lowest BCUT2D eigenvalue weighted by atomic mass is 9.94. The van der Waals surface area contributed by atoms with E-state index in [9.17, 15) is 0 Å². The Morgan fingerprint density at radius 3 is 1.90 bits per heavy atom. The highest BCUT2D eigenvalue weighted by atomic mass is 15.1. The van der Waals surface area contributed by atoms with Crippen LogP contribution in [-0.4, -0.2) is 7.05 Å². The van der Waals surface area contributed by atoms with Crippen molar-refractivity contribution in [2.75, 3.05) is 16.8 Å². The molecule has 41 heavy (non-hydrogen) atoms. The lowest BCUT2D eigenvalue weighted by molar-refractivity contribution is 0.984. The largest absolute Gasteiger partial charge is 0.345 e. The summed E-state index contributed by atoms with van der Waals surface area (Å²) in [4.78, 5) is 4.64. The summed E-state index contributed by atoms with van der Waals surface area (Å²) in [5.41, 5.74) is 11.0. The van der Waals surface area contributed by atoms with Gasteiger partial charge in [-0.2, -0.15) is 0 Å². The number of fused-ring (bicyclic) bond motifs is 2. The van der Waals surface area contributed by atoms with E-state index in [1.807, 2.05) is 0 Å². The number of aryl methyl sites for hydroxylation is 1. The van der Waals surface area contributed by atoms with Gasteiger partial charge in [0.05, 0.1) is 11.4 Å². The third kappa shape index (κ3) is 4.79. The Morgan fingerprint density at radius 2 is 1.12 bits per heavy atom. The highest BCUT2D eigenvalue weighted by Crippen LogP contribution is 2.43. The van der Waals surface area contributed by atoms with E-state index in [4.69, 9.17) is 0 Å². The summed E-state index contributed by atoms with van der Waals surface area (Å²) in [7, 11) is 2.11. The molecular formula is C39H32N2. The lowest BCUT2D eigenvalue weighted by Crippen LogP contribution is -2.13. The summed E-state index contributed by atoms with van der Waals surface area (Å²) in [6.07, 6.45) is 6.78. The number of para-hydroxylation sites is 1. The van der Waals surface area contributed by atoms with Crippen LogP contribution < -0.4 is 9.80 Å². The van der Waals surface area contributed by atoms with Crippen LogP contribution in [0.1, 0.15) is 17.5 Å². The maximum atomic E-state index is 2.43. The van der Waals surface area contributed by atoms with E-state index in [0.29, 0.717) is 0 Å². The Morgan fingerprint density at radius 1 is 0.512 bits per heavy atom. The van der Waals surface area contributed by atoms with Gasteiger partial charge in [-0.1, -0.05) is 103 Å². The number of hydrogen-bond donors (Lipinski definition) is 0. The first-order chi connectivity index (χ1) is 20.3. The van der Waals surface area contributed by atoms with Crippen LogP contribution in [0.2, 0.25) is 0 Å². The minimum absolute atomic E-state index is 1.08. The van der Waals surface area contributed by atoms with Crippen molar-refractivity contribution >= 4 is 45.3 Å². The van der Waals surface area contributed by atoms with E-state index >= 15 is 0 Å². The minimum atomic E-state index is 1.08. The molecule has 198 valence electrons. The van der Waals surface area contributed by atoms with Gasteiger partial charge in [0.15, 0.2) is 0 Å². The Bertz CT molecular complexity index is 1830. The maximum Gasteiger partial charge on any atom is 0.0540 e. The first kappa shape index (κ1) is 24.9. The van der Waals surface area contributed by atoms with E-state index < -0.39 is 0 Å². The summed E-state index contributed by atoms with van der Waals surface area (Å²) in [5, 5.41) is 2.49. The highest BCUT2D eigenvalue weighted by Gasteiger charge is 2.20. The van der Waals surface area contributed by atoms with Crippen molar-refractivity contribution in [3.63, 3.8) is 0 Å². The van der Waals surface area contributed by atoms with Crippen molar-refractivity contribution < 1.29 is 0 Å². The smallest absolute Gasteiger partial charge is 0.0540 e. The van der Waals surface area contributed by atoms with Gasteiger partial charge in [0, 0.05) is 35.1 Å². The Hall–Kier alpha value is -5.08. The first-order valence-electron chi connectivity index (χ1n) is 14.3. The molecule has 0 N–H and O–H groups in total. The molecule has 0 fully saturated rings. The van der Waals surface area contributed by atoms with E-state index in [1.165, 1.54) is 55.8 Å². The van der Waals surface area contributed by atoms with E-state index in [0.717, 1.165) is 18.5 Å². The zero-order chi connectivity index (χ0) is 27.6. The molecule has 0 aromatic heterocycles. The molecule has 2 nitrogen and oxygen atoms in total. The van der Waals surface area contributed by atoms with Crippen molar-refractivity contribution in [1.29, 1.82) is 0 Å². The van der Waals surface area contributed by atoms with Gasteiger partial charge in [-0.15, -0.1) is 0 Å². The lowest BCUT2D eigenvalue weighted by Gasteiger charge is -2.30. The van der Waals surface area contributed by atoms with Crippen LogP contribution in [0, 0.1) is 0 Å². The molecule has 0 amide bonds. The molecule has 7 rings (SSSR count). The maximum absolute atomic E-state index is 2.43. The zero-order valence-electron chi connectivity index (χ0n) is 23.2. The van der Waals surface area contributed by atoms with Crippen LogP contribution in [0.5, 0.6) is 0 Å². The van der Waals surface area contributed by atoms with Gasteiger partial charge in [-0.25, -0.2) is 0 Å². The Balaban J connectivity index is 1.28. The second kappa shape index (κ2) is 10.8. The van der Waals surface area contributed by atoms with Gasteiger partial charge in [-0.05, 0) is 83.4 Å². The van der Waals surface area contributed by atoms with Crippen molar-refractivity contribution in [3.05, 3.63) is 157 Å². The molecule has 1 aliphatic rings. The SMILES string of the molecule is CN(c1ccccc1)c1ccc(-c2ccc(N(c3cccc4c3C=CCC4)c3cccc4ccccc34)cc2)cc1. The Labute approximate surface area is 242 Å². The van der Waals surface area contributed by atoms with E-state index in [-0.39, 0.29) is 0 Å². The quantitative estimate of drug-likeness (QED) is 0.212. The van der Waals surface area contributed by atoms with Gasteiger partial charge in [0.1, 0.15) is 0 Å². The Kier molecular flexibility index (Phi) is 6.58. The predicted molar refractivity (Wildman–Crippen MR) is 176 cm³/mol. The second-order valence-electron chi connectivity index (χ2n) is 10.6. The van der Waals surface area contributed by atoms with Gasteiger partial charge in [0.25, 0.3) is 0 Å². The number of hydrogen-bond acceptors (Lipinski definition) is 2. The number of benzene rings is 6. The first-order valence-corrected chi connectivity index (χ1v) is 14.3. The molecule has 0 unspecified atom stereocenters. The normalized spacial score (nSPS) is 12.2. The van der Waals surface area contributed by atoms with Crippen molar-refractivity contribution in [3.8, 4) is 11.1 Å². The fraction of sp³-hybridized carbons (Fsp3) is 0.0769. The molecule has 0 radical (unpaired) electrons. The molecule has 2 heteroatoms. The summed E-state index contributed by atoms with van der Waals surface area (Å²) >= 11 is 0. The van der Waals surface area contributed by atoms with Gasteiger partial charge in [-0.3, -0.25) is 0 Å². The summed E-state index contributed by atoms with van der Waals surface area (Å²) in [6, 6.07) is 50.3. The van der Waals surface area contributed by atoms with Crippen LogP contribution in [0.4, 0.5) is 28.4 Å². The van der Waals surface area contributed by atoms with Crippen molar-refractivity contribution in [1.82, 2.24) is 0 Å². The van der Waals surface area contributed by atoms with Crippen molar-refractivity contribution in [2.24, 2.45) is 0 Å². The third-order valence-electron chi connectivity index (χ3n) is 8.14. The standard InChI is InChI=1S/C39H32N2/c1-40(33-15-3-2-4-16-33)34-25-21-29(22-26-34)30-23-27-35(28-24-30)41(38-19-9-13-31-11-5-7-17-36(31)38)39-20-10-14-32-12-6-8-18-37(32)39/h2-5,7-11,13-28H,6,12H2,1H3. The molecule has 0 saturated carbocycles. The van der Waals surface area contributed by atoms with Crippen molar-refractivity contribution in [2.45, 2.75) is 12.8 Å². The molecule has 0 spiro atoms. The fourth-order valence-electron chi connectivity index (χ4n) is 5.94. The van der Waals surface area contributed by atoms with Crippen LogP contribution in [0.25, 0.3) is 28.0 Å². The van der Waals surface area contributed by atoms with E-state index in [2.05, 4.69) is 169 Å². The van der Waals surface area contributed by atoms with E-state index in [1.54, 1.807) is 0 Å². The van der Waals surface area contributed by atoms with Gasteiger partial charge < -0.3 is 9.80 Å². The molecule has 0 saturated heterocycles. The van der Waals surface area contributed by atoms with Gasteiger partial charge >= 0.3 is 0 Å².